The van der Waals surface area contributed by atoms with Crippen molar-refractivity contribution in [2.75, 3.05) is 19.7 Å². The molecular weight excluding hydrogens is 244 g/mol. The lowest BCUT2D eigenvalue weighted by molar-refractivity contribution is -0.126. The summed E-state index contributed by atoms with van der Waals surface area (Å²) < 4.78 is 10.6. The molecule has 108 valence electrons. The molecule has 0 fully saturated rings. The van der Waals surface area contributed by atoms with Crippen molar-refractivity contribution in [2.24, 2.45) is 17.6 Å². The van der Waals surface area contributed by atoms with E-state index >= 15 is 0 Å². The Morgan fingerprint density at radius 1 is 1.53 bits per heavy atom. The van der Waals surface area contributed by atoms with Gasteiger partial charge in [0, 0.05) is 19.7 Å². The van der Waals surface area contributed by atoms with Crippen LogP contribution >= 0.6 is 0 Å². The molecule has 1 heterocycles. The SMILES string of the molecule is CC(C)C(CN)C(=O)NCCCOCc1ccco1. The summed E-state index contributed by atoms with van der Waals surface area (Å²) in [7, 11) is 0. The van der Waals surface area contributed by atoms with Crippen LogP contribution in [0.3, 0.4) is 0 Å². The molecule has 5 nitrogen and oxygen atoms in total. The third kappa shape index (κ3) is 5.89. The molecule has 0 aliphatic rings. The number of ether oxygens (including phenoxy) is 1. The highest BCUT2D eigenvalue weighted by Gasteiger charge is 2.19. The standard InChI is InChI=1S/C14H24N2O3/c1-11(2)13(9-15)14(17)16-6-4-7-18-10-12-5-3-8-19-12/h3,5,8,11,13H,4,6-7,9-10,15H2,1-2H3,(H,16,17). The first kappa shape index (κ1) is 15.7. The normalized spacial score (nSPS) is 12.6. The van der Waals surface area contributed by atoms with Crippen molar-refractivity contribution in [1.29, 1.82) is 0 Å². The molecule has 1 atom stereocenters. The molecule has 3 N–H and O–H groups in total. The van der Waals surface area contributed by atoms with Gasteiger partial charge in [0.25, 0.3) is 0 Å². The van der Waals surface area contributed by atoms with Crippen molar-refractivity contribution >= 4 is 5.91 Å². The summed E-state index contributed by atoms with van der Waals surface area (Å²) in [5.74, 6) is 1.000. The van der Waals surface area contributed by atoms with Crippen molar-refractivity contribution in [3.8, 4) is 0 Å². The van der Waals surface area contributed by atoms with Gasteiger partial charge in [0.2, 0.25) is 5.91 Å². The summed E-state index contributed by atoms with van der Waals surface area (Å²) in [6.07, 6.45) is 2.40. The second kappa shape index (κ2) is 8.72. The highest BCUT2D eigenvalue weighted by molar-refractivity contribution is 5.79. The molecule has 1 unspecified atom stereocenters. The van der Waals surface area contributed by atoms with Gasteiger partial charge in [-0.15, -0.1) is 0 Å². The number of furan rings is 1. The van der Waals surface area contributed by atoms with Gasteiger partial charge in [0.15, 0.2) is 0 Å². The summed E-state index contributed by atoms with van der Waals surface area (Å²) in [5.41, 5.74) is 5.58. The molecule has 0 radical (unpaired) electrons. The number of nitrogens with two attached hydrogens (primary N) is 1. The predicted molar refractivity (Wildman–Crippen MR) is 73.4 cm³/mol. The maximum atomic E-state index is 11.8. The summed E-state index contributed by atoms with van der Waals surface area (Å²) >= 11 is 0. The van der Waals surface area contributed by atoms with Crippen LogP contribution in [-0.4, -0.2) is 25.6 Å². The molecule has 19 heavy (non-hydrogen) atoms. The van der Waals surface area contributed by atoms with E-state index in [2.05, 4.69) is 5.32 Å². The van der Waals surface area contributed by atoms with E-state index in [-0.39, 0.29) is 17.7 Å². The molecule has 0 bridgehead atoms. The minimum atomic E-state index is -0.107. The van der Waals surface area contributed by atoms with Crippen molar-refractivity contribution < 1.29 is 13.9 Å². The summed E-state index contributed by atoms with van der Waals surface area (Å²) in [6.45, 7) is 6.07. The second-order valence-corrected chi connectivity index (χ2v) is 4.86. The Labute approximate surface area is 114 Å². The molecule has 0 saturated heterocycles. The minimum Gasteiger partial charge on any atom is -0.467 e. The largest absolute Gasteiger partial charge is 0.467 e. The molecule has 1 aromatic heterocycles. The first-order valence-corrected chi connectivity index (χ1v) is 6.73. The fraction of sp³-hybridized carbons (Fsp3) is 0.643. The molecule has 1 amide bonds. The van der Waals surface area contributed by atoms with E-state index in [9.17, 15) is 4.79 Å². The first-order chi connectivity index (χ1) is 9.15. The number of amides is 1. The molecule has 5 heteroatoms. The van der Waals surface area contributed by atoms with Gasteiger partial charge in [-0.25, -0.2) is 0 Å². The number of hydrogen-bond acceptors (Lipinski definition) is 4. The molecule has 0 aliphatic heterocycles. The maximum Gasteiger partial charge on any atom is 0.224 e. The Kier molecular flexibility index (Phi) is 7.22. The highest BCUT2D eigenvalue weighted by Crippen LogP contribution is 2.08. The van der Waals surface area contributed by atoms with Gasteiger partial charge in [-0.3, -0.25) is 4.79 Å². The number of carbonyl (C=O) groups is 1. The van der Waals surface area contributed by atoms with Gasteiger partial charge in [0.1, 0.15) is 12.4 Å². The van der Waals surface area contributed by atoms with Crippen LogP contribution in [0.4, 0.5) is 0 Å². The average Bonchev–Trinajstić information content (AvgIpc) is 2.87. The molecular formula is C14H24N2O3. The Balaban J connectivity index is 2.05. The van der Waals surface area contributed by atoms with E-state index in [1.165, 1.54) is 0 Å². The van der Waals surface area contributed by atoms with Crippen LogP contribution < -0.4 is 11.1 Å². The van der Waals surface area contributed by atoms with Gasteiger partial charge >= 0.3 is 0 Å². The lowest BCUT2D eigenvalue weighted by atomic mass is 9.95. The van der Waals surface area contributed by atoms with Gasteiger partial charge in [-0.05, 0) is 24.5 Å². The number of hydrogen-bond donors (Lipinski definition) is 2. The summed E-state index contributed by atoms with van der Waals surface area (Å²) in [4.78, 5) is 11.8. The lowest BCUT2D eigenvalue weighted by Gasteiger charge is -2.18. The van der Waals surface area contributed by atoms with Crippen LogP contribution in [0, 0.1) is 11.8 Å². The van der Waals surface area contributed by atoms with Crippen molar-refractivity contribution in [3.63, 3.8) is 0 Å². The average molecular weight is 268 g/mol. The van der Waals surface area contributed by atoms with E-state index in [0.29, 0.717) is 26.3 Å². The van der Waals surface area contributed by atoms with E-state index in [0.717, 1.165) is 12.2 Å². The van der Waals surface area contributed by atoms with E-state index in [4.69, 9.17) is 14.9 Å². The zero-order chi connectivity index (χ0) is 14.1. The third-order valence-corrected chi connectivity index (χ3v) is 2.98. The van der Waals surface area contributed by atoms with Crippen LogP contribution in [0.15, 0.2) is 22.8 Å². The topological polar surface area (TPSA) is 77.5 Å². The van der Waals surface area contributed by atoms with E-state index in [1.54, 1.807) is 6.26 Å². The van der Waals surface area contributed by atoms with E-state index in [1.807, 2.05) is 26.0 Å². The Morgan fingerprint density at radius 3 is 2.89 bits per heavy atom. The smallest absolute Gasteiger partial charge is 0.224 e. The lowest BCUT2D eigenvalue weighted by Crippen LogP contribution is -2.38. The zero-order valence-corrected chi connectivity index (χ0v) is 11.7. The van der Waals surface area contributed by atoms with Gasteiger partial charge in [0.05, 0.1) is 12.2 Å². The van der Waals surface area contributed by atoms with Crippen molar-refractivity contribution in [2.45, 2.75) is 26.9 Å². The Hall–Kier alpha value is -1.33. The van der Waals surface area contributed by atoms with E-state index < -0.39 is 0 Å². The van der Waals surface area contributed by atoms with Crippen LogP contribution in [0.5, 0.6) is 0 Å². The first-order valence-electron chi connectivity index (χ1n) is 6.73. The number of carbonyl (C=O) groups excluding carboxylic acids is 1. The van der Waals surface area contributed by atoms with Crippen LogP contribution in [-0.2, 0) is 16.1 Å². The maximum absolute atomic E-state index is 11.8. The molecule has 1 rings (SSSR count). The molecule has 0 aliphatic carbocycles. The highest BCUT2D eigenvalue weighted by atomic mass is 16.5. The Morgan fingerprint density at radius 2 is 2.32 bits per heavy atom. The summed E-state index contributed by atoms with van der Waals surface area (Å²) in [6, 6.07) is 3.70. The van der Waals surface area contributed by atoms with Crippen LogP contribution in [0.2, 0.25) is 0 Å². The van der Waals surface area contributed by atoms with Crippen molar-refractivity contribution in [1.82, 2.24) is 5.32 Å². The van der Waals surface area contributed by atoms with Gasteiger partial charge < -0.3 is 20.2 Å². The molecule has 1 aromatic rings. The Bertz CT molecular complexity index is 350. The van der Waals surface area contributed by atoms with Gasteiger partial charge in [-0.1, -0.05) is 13.8 Å². The number of rotatable bonds is 9. The predicted octanol–water partition coefficient (Wildman–Crippen LogP) is 1.53. The monoisotopic (exact) mass is 268 g/mol. The quantitative estimate of drug-likeness (QED) is 0.666. The molecule has 0 aromatic carbocycles. The zero-order valence-electron chi connectivity index (χ0n) is 11.7. The fourth-order valence-corrected chi connectivity index (χ4v) is 1.77. The van der Waals surface area contributed by atoms with Crippen LogP contribution in [0.1, 0.15) is 26.0 Å². The third-order valence-electron chi connectivity index (χ3n) is 2.98. The fourth-order valence-electron chi connectivity index (χ4n) is 1.77. The van der Waals surface area contributed by atoms with Crippen LogP contribution in [0.25, 0.3) is 0 Å². The molecule has 0 spiro atoms. The minimum absolute atomic E-state index is 0.0311. The second-order valence-electron chi connectivity index (χ2n) is 4.86. The molecule has 0 saturated carbocycles. The van der Waals surface area contributed by atoms with Crippen molar-refractivity contribution in [3.05, 3.63) is 24.2 Å². The number of nitrogens with one attached hydrogen (secondary N) is 1. The van der Waals surface area contributed by atoms with Gasteiger partial charge in [-0.2, -0.15) is 0 Å². The summed E-state index contributed by atoms with van der Waals surface area (Å²) in [5, 5.41) is 2.89.